The van der Waals surface area contributed by atoms with Crippen LogP contribution in [0.1, 0.15) is 30.0 Å². The Labute approximate surface area is 171 Å². The van der Waals surface area contributed by atoms with E-state index in [4.69, 9.17) is 4.74 Å². The van der Waals surface area contributed by atoms with Crippen LogP contribution in [0, 0.1) is 30.6 Å². The highest BCUT2D eigenvalue weighted by Gasteiger charge is 2.46. The van der Waals surface area contributed by atoms with Gasteiger partial charge in [0.1, 0.15) is 11.5 Å². The number of carbonyl (C=O) groups is 2. The van der Waals surface area contributed by atoms with Gasteiger partial charge in [0.15, 0.2) is 0 Å². The second kappa shape index (κ2) is 7.85. The molecule has 1 aromatic heterocycles. The van der Waals surface area contributed by atoms with Gasteiger partial charge in [-0.05, 0) is 31.6 Å². The van der Waals surface area contributed by atoms with Crippen molar-refractivity contribution in [2.75, 3.05) is 19.7 Å². The lowest BCUT2D eigenvalue weighted by Crippen LogP contribution is -2.37. The molecule has 1 aliphatic carbocycles. The van der Waals surface area contributed by atoms with Crippen molar-refractivity contribution >= 4 is 11.9 Å². The summed E-state index contributed by atoms with van der Waals surface area (Å²) in [4.78, 5) is 35.4. The minimum absolute atomic E-state index is 0.0843. The number of likely N-dealkylation sites (tertiary alicyclic amines) is 1. The smallest absolute Gasteiger partial charge is 0.309 e. The van der Waals surface area contributed by atoms with Gasteiger partial charge < -0.3 is 14.6 Å². The van der Waals surface area contributed by atoms with E-state index < -0.39 is 0 Å². The molecule has 0 unspecified atom stereocenters. The van der Waals surface area contributed by atoms with Crippen LogP contribution < -0.4 is 0 Å². The summed E-state index contributed by atoms with van der Waals surface area (Å²) in [5.41, 5.74) is 2.16. The number of esters is 1. The Morgan fingerprint density at radius 2 is 1.97 bits per heavy atom. The number of amides is 1. The summed E-state index contributed by atoms with van der Waals surface area (Å²) in [7, 11) is 0. The molecule has 4 rings (SSSR count). The van der Waals surface area contributed by atoms with Crippen LogP contribution in [0.4, 0.5) is 0 Å². The topological polar surface area (TPSA) is 75.3 Å². The van der Waals surface area contributed by atoms with Crippen molar-refractivity contribution in [3.05, 3.63) is 53.9 Å². The Kier molecular flexibility index (Phi) is 5.26. The molecular formula is C23H27N3O3. The number of aromatic amines is 1. The number of nitrogens with one attached hydrogen (secondary N) is 1. The zero-order valence-corrected chi connectivity index (χ0v) is 17.1. The highest BCUT2D eigenvalue weighted by molar-refractivity contribution is 5.94. The Bertz CT molecular complexity index is 934. The maximum absolute atomic E-state index is 13.2. The van der Waals surface area contributed by atoms with Crippen molar-refractivity contribution in [3.63, 3.8) is 0 Å². The van der Waals surface area contributed by atoms with Crippen molar-refractivity contribution in [1.29, 1.82) is 0 Å². The fraction of sp³-hybridized carbons (Fsp3) is 0.435. The van der Waals surface area contributed by atoms with E-state index in [2.05, 4.69) is 22.1 Å². The fourth-order valence-corrected chi connectivity index (χ4v) is 4.61. The number of benzene rings is 1. The number of fused-ring (bicyclic) bond motifs is 1. The third-order valence-corrected chi connectivity index (χ3v) is 6.08. The highest BCUT2D eigenvalue weighted by atomic mass is 16.5. The summed E-state index contributed by atoms with van der Waals surface area (Å²) < 4.78 is 5.32. The maximum Gasteiger partial charge on any atom is 0.309 e. The van der Waals surface area contributed by atoms with Gasteiger partial charge in [-0.2, -0.15) is 0 Å². The Morgan fingerprint density at radius 1 is 1.21 bits per heavy atom. The molecule has 0 bridgehead atoms. The first-order valence-electron chi connectivity index (χ1n) is 10.3. The summed E-state index contributed by atoms with van der Waals surface area (Å²) in [5.74, 6) is 0.629. The van der Waals surface area contributed by atoms with E-state index in [0.717, 1.165) is 11.3 Å². The van der Waals surface area contributed by atoms with E-state index >= 15 is 0 Å². The van der Waals surface area contributed by atoms with Gasteiger partial charge >= 0.3 is 5.97 Å². The number of aromatic nitrogens is 2. The standard InChI is InChI=1S/C23H27N3O3/c1-4-29-23(28)19-14(2)10-11-17-12-26(13-18(17)19)22(27)20-15(3)24-21(25-20)16-8-6-5-7-9-16/h5-11,14,17-19H,4,12-13H2,1-3H3,(H,24,25)/t14-,17-,18-,19-/m0/s1. The first-order valence-corrected chi connectivity index (χ1v) is 10.3. The minimum atomic E-state index is -0.206. The second-order valence-electron chi connectivity index (χ2n) is 7.98. The van der Waals surface area contributed by atoms with Crippen LogP contribution in [0.2, 0.25) is 0 Å². The number of hydrogen-bond donors (Lipinski definition) is 1. The predicted molar refractivity (Wildman–Crippen MR) is 110 cm³/mol. The van der Waals surface area contributed by atoms with Gasteiger partial charge in [-0.15, -0.1) is 0 Å². The lowest BCUT2D eigenvalue weighted by molar-refractivity contribution is -0.152. The van der Waals surface area contributed by atoms with Crippen molar-refractivity contribution < 1.29 is 14.3 Å². The largest absolute Gasteiger partial charge is 0.466 e. The average Bonchev–Trinajstić information content (AvgIpc) is 3.32. The molecule has 1 amide bonds. The summed E-state index contributed by atoms with van der Waals surface area (Å²) in [5, 5.41) is 0. The van der Waals surface area contributed by atoms with Crippen LogP contribution in [0.5, 0.6) is 0 Å². The molecule has 1 aromatic carbocycles. The van der Waals surface area contributed by atoms with Gasteiger partial charge in [-0.1, -0.05) is 49.4 Å². The molecule has 1 saturated heterocycles. The first-order chi connectivity index (χ1) is 14.0. The highest BCUT2D eigenvalue weighted by Crippen LogP contribution is 2.40. The number of hydrogen-bond acceptors (Lipinski definition) is 4. The average molecular weight is 393 g/mol. The third-order valence-electron chi connectivity index (χ3n) is 6.08. The molecule has 1 aliphatic heterocycles. The van der Waals surface area contributed by atoms with Gasteiger partial charge in [0.25, 0.3) is 5.91 Å². The molecule has 0 spiro atoms. The van der Waals surface area contributed by atoms with E-state index in [0.29, 0.717) is 31.2 Å². The van der Waals surface area contributed by atoms with E-state index in [9.17, 15) is 9.59 Å². The Balaban J connectivity index is 1.55. The first kappa shape index (κ1) is 19.4. The quantitative estimate of drug-likeness (QED) is 0.638. The predicted octanol–water partition coefficient (Wildman–Crippen LogP) is 3.46. The molecule has 4 atom stereocenters. The fourth-order valence-electron chi connectivity index (χ4n) is 4.61. The molecule has 2 heterocycles. The number of imidazole rings is 1. The van der Waals surface area contributed by atoms with Gasteiger partial charge in [0.05, 0.1) is 12.5 Å². The van der Waals surface area contributed by atoms with E-state index in [1.807, 2.05) is 56.0 Å². The number of H-pyrrole nitrogens is 1. The molecule has 1 N–H and O–H groups in total. The monoisotopic (exact) mass is 393 g/mol. The Morgan fingerprint density at radius 3 is 2.69 bits per heavy atom. The van der Waals surface area contributed by atoms with Crippen LogP contribution in [-0.4, -0.2) is 46.4 Å². The summed E-state index contributed by atoms with van der Waals surface area (Å²) in [6, 6.07) is 9.78. The lowest BCUT2D eigenvalue weighted by atomic mass is 9.72. The summed E-state index contributed by atoms with van der Waals surface area (Å²) >= 11 is 0. The van der Waals surface area contributed by atoms with Crippen LogP contribution in [0.3, 0.4) is 0 Å². The van der Waals surface area contributed by atoms with Crippen molar-refractivity contribution in [2.24, 2.45) is 23.7 Å². The zero-order valence-electron chi connectivity index (χ0n) is 17.1. The van der Waals surface area contributed by atoms with Gasteiger partial charge in [-0.25, -0.2) is 4.98 Å². The van der Waals surface area contributed by atoms with Gasteiger partial charge in [-0.3, -0.25) is 9.59 Å². The molecule has 152 valence electrons. The van der Waals surface area contributed by atoms with Crippen LogP contribution >= 0.6 is 0 Å². The minimum Gasteiger partial charge on any atom is -0.466 e. The second-order valence-corrected chi connectivity index (χ2v) is 7.98. The number of rotatable bonds is 4. The number of ether oxygens (including phenoxy) is 1. The van der Waals surface area contributed by atoms with Crippen LogP contribution in [0.15, 0.2) is 42.5 Å². The van der Waals surface area contributed by atoms with Crippen LogP contribution in [-0.2, 0) is 9.53 Å². The molecule has 2 aromatic rings. The third kappa shape index (κ3) is 3.59. The normalized spacial score (nSPS) is 25.7. The number of allylic oxidation sites excluding steroid dienone is 1. The molecule has 6 heteroatoms. The Hall–Kier alpha value is -2.89. The number of aryl methyl sites for hydroxylation is 1. The van der Waals surface area contributed by atoms with E-state index in [1.165, 1.54) is 0 Å². The summed E-state index contributed by atoms with van der Waals surface area (Å²) in [6.07, 6.45) is 4.25. The summed E-state index contributed by atoms with van der Waals surface area (Å²) in [6.45, 7) is 7.28. The molecule has 0 radical (unpaired) electrons. The molecule has 6 nitrogen and oxygen atoms in total. The molecule has 2 aliphatic rings. The van der Waals surface area contributed by atoms with Crippen molar-refractivity contribution in [1.82, 2.24) is 14.9 Å². The van der Waals surface area contributed by atoms with Crippen LogP contribution in [0.25, 0.3) is 11.4 Å². The lowest BCUT2D eigenvalue weighted by Gasteiger charge is -2.31. The van der Waals surface area contributed by atoms with Crippen molar-refractivity contribution in [2.45, 2.75) is 20.8 Å². The molecule has 0 saturated carbocycles. The zero-order chi connectivity index (χ0) is 20.5. The van der Waals surface area contributed by atoms with Gasteiger partial charge in [0, 0.05) is 24.3 Å². The molecular weight excluding hydrogens is 366 g/mol. The maximum atomic E-state index is 13.2. The van der Waals surface area contributed by atoms with E-state index in [-0.39, 0.29) is 35.5 Å². The van der Waals surface area contributed by atoms with E-state index in [1.54, 1.807) is 0 Å². The van der Waals surface area contributed by atoms with Crippen molar-refractivity contribution in [3.8, 4) is 11.4 Å². The molecule has 1 fully saturated rings. The number of carbonyl (C=O) groups excluding carboxylic acids is 2. The van der Waals surface area contributed by atoms with Gasteiger partial charge in [0.2, 0.25) is 0 Å². The molecule has 29 heavy (non-hydrogen) atoms. The SMILES string of the molecule is CCOC(=O)[C@@H]1[C@H]2CN(C(=O)c3nc(-c4ccccc4)[nH]c3C)C[C@@H]2C=C[C@@H]1C. The number of nitrogens with zero attached hydrogens (tertiary/aromatic N) is 2.